The molecule has 1 aliphatic heterocycles. The van der Waals surface area contributed by atoms with Gasteiger partial charge in [-0.15, -0.1) is 0 Å². The molecular formula is C61H113NO10. The quantitative estimate of drug-likeness (QED) is 0.0195. The minimum atomic E-state index is -1.58. The van der Waals surface area contributed by atoms with Gasteiger partial charge in [0, 0.05) is 12.8 Å². The van der Waals surface area contributed by atoms with E-state index >= 15 is 0 Å². The van der Waals surface area contributed by atoms with Crippen LogP contribution in [-0.4, -0.2) is 100 Å². The molecule has 7 unspecified atom stereocenters. The highest BCUT2D eigenvalue weighted by atomic mass is 16.7. The van der Waals surface area contributed by atoms with Gasteiger partial charge in [0.2, 0.25) is 5.91 Å². The first-order chi connectivity index (χ1) is 35.2. The van der Waals surface area contributed by atoms with Gasteiger partial charge < -0.3 is 45.1 Å². The standard InChI is InChI=1S/C61H113NO10/c1-3-5-7-9-11-13-14-15-16-19-23-26-29-33-37-41-45-49-57(66)70-50-46-42-38-34-30-27-24-21-18-17-20-22-25-28-32-36-40-44-48-56(65)62-53(54(64)47-43-39-35-31-12-10-8-6-4-2)52-71-61-60(69)59(68)58(67)55(51-63)72-61/h12,20,22,31,43,47,53-55,58-61,63-64,67-69H,3-11,13-19,21,23-30,32-42,44-46,48-52H2,1-2H3,(H,62,65)/b22-20-,31-12+,47-43+. The van der Waals surface area contributed by atoms with Crippen LogP contribution in [0.2, 0.25) is 0 Å². The SMILES string of the molecule is CCCCC/C=C/CC/C=C/C(O)C(COC1OC(CO)C(O)C(O)C1O)NC(=O)CCCCCCC/C=C\CCCCCCCCCCCOC(=O)CCCCCCCCCCCCCCCCCCC. The van der Waals surface area contributed by atoms with E-state index in [1.54, 1.807) is 6.08 Å². The number of aliphatic hydroxyl groups excluding tert-OH is 5. The fourth-order valence-corrected chi connectivity index (χ4v) is 9.39. The van der Waals surface area contributed by atoms with E-state index in [2.05, 4.69) is 43.5 Å². The van der Waals surface area contributed by atoms with Gasteiger partial charge in [-0.25, -0.2) is 0 Å². The van der Waals surface area contributed by atoms with Crippen molar-refractivity contribution in [1.29, 1.82) is 0 Å². The summed E-state index contributed by atoms with van der Waals surface area (Å²) in [7, 11) is 0. The van der Waals surface area contributed by atoms with E-state index < -0.39 is 49.5 Å². The lowest BCUT2D eigenvalue weighted by atomic mass is 9.99. The van der Waals surface area contributed by atoms with E-state index in [0.717, 1.165) is 89.9 Å². The predicted octanol–water partition coefficient (Wildman–Crippen LogP) is 13.9. The van der Waals surface area contributed by atoms with Crippen LogP contribution in [0.3, 0.4) is 0 Å². The highest BCUT2D eigenvalue weighted by Gasteiger charge is 2.44. The van der Waals surface area contributed by atoms with Crippen LogP contribution >= 0.6 is 0 Å². The Kier molecular flexibility index (Phi) is 48.1. The summed E-state index contributed by atoms with van der Waals surface area (Å²) in [5, 5.41) is 54.1. The highest BCUT2D eigenvalue weighted by Crippen LogP contribution is 2.23. The first-order valence-corrected chi connectivity index (χ1v) is 30.3. The molecule has 11 heteroatoms. The molecule has 1 rings (SSSR count). The Balaban J connectivity index is 2.02. The molecular weight excluding hydrogens is 907 g/mol. The summed E-state index contributed by atoms with van der Waals surface area (Å²) in [6, 6.07) is -0.836. The van der Waals surface area contributed by atoms with Gasteiger partial charge in [-0.2, -0.15) is 0 Å². The van der Waals surface area contributed by atoms with Crippen LogP contribution in [0.5, 0.6) is 0 Å². The minimum Gasteiger partial charge on any atom is -0.466 e. The third-order valence-corrected chi connectivity index (χ3v) is 14.2. The first-order valence-electron chi connectivity index (χ1n) is 30.3. The number of carbonyl (C=O) groups is 2. The molecule has 0 aromatic rings. The maximum atomic E-state index is 13.0. The average Bonchev–Trinajstić information content (AvgIpc) is 3.38. The van der Waals surface area contributed by atoms with Gasteiger partial charge in [-0.3, -0.25) is 9.59 Å². The molecule has 7 atom stereocenters. The molecule has 72 heavy (non-hydrogen) atoms. The Hall–Kier alpha value is -2.12. The summed E-state index contributed by atoms with van der Waals surface area (Å²) in [5.41, 5.74) is 0. The zero-order valence-electron chi connectivity index (χ0n) is 46.4. The smallest absolute Gasteiger partial charge is 0.305 e. The van der Waals surface area contributed by atoms with Crippen molar-refractivity contribution in [3.05, 3.63) is 36.5 Å². The van der Waals surface area contributed by atoms with Crippen molar-refractivity contribution >= 4 is 11.9 Å². The van der Waals surface area contributed by atoms with Gasteiger partial charge >= 0.3 is 5.97 Å². The second kappa shape index (κ2) is 51.0. The summed E-state index contributed by atoms with van der Waals surface area (Å²) < 4.78 is 16.7. The topological polar surface area (TPSA) is 175 Å². The maximum absolute atomic E-state index is 13.0. The van der Waals surface area contributed by atoms with Crippen molar-refractivity contribution in [3.8, 4) is 0 Å². The predicted molar refractivity (Wildman–Crippen MR) is 297 cm³/mol. The van der Waals surface area contributed by atoms with E-state index in [-0.39, 0.29) is 18.5 Å². The van der Waals surface area contributed by atoms with Crippen molar-refractivity contribution in [1.82, 2.24) is 5.32 Å². The number of rotatable bonds is 52. The molecule has 1 amide bonds. The Morgan fingerprint density at radius 2 is 0.903 bits per heavy atom. The minimum absolute atomic E-state index is 0.00988. The molecule has 1 saturated heterocycles. The van der Waals surface area contributed by atoms with Gasteiger partial charge in [0.15, 0.2) is 6.29 Å². The maximum Gasteiger partial charge on any atom is 0.305 e. The van der Waals surface area contributed by atoms with E-state index in [1.165, 1.54) is 161 Å². The van der Waals surface area contributed by atoms with Crippen LogP contribution in [0.1, 0.15) is 277 Å². The van der Waals surface area contributed by atoms with Crippen LogP contribution in [0.4, 0.5) is 0 Å². The molecule has 0 saturated carbocycles. The molecule has 0 bridgehead atoms. The fourth-order valence-electron chi connectivity index (χ4n) is 9.39. The molecule has 1 fully saturated rings. The molecule has 1 heterocycles. The zero-order chi connectivity index (χ0) is 52.4. The Labute approximate surface area is 441 Å². The van der Waals surface area contributed by atoms with Crippen molar-refractivity contribution in [2.45, 2.75) is 320 Å². The molecule has 11 nitrogen and oxygen atoms in total. The largest absolute Gasteiger partial charge is 0.466 e. The molecule has 0 aliphatic carbocycles. The lowest BCUT2D eigenvalue weighted by Crippen LogP contribution is -2.60. The van der Waals surface area contributed by atoms with Gasteiger partial charge in [-0.1, -0.05) is 230 Å². The number of hydrogen-bond acceptors (Lipinski definition) is 10. The second-order valence-electron chi connectivity index (χ2n) is 21.0. The van der Waals surface area contributed by atoms with Crippen molar-refractivity contribution in [3.63, 3.8) is 0 Å². The lowest BCUT2D eigenvalue weighted by Gasteiger charge is -2.40. The number of esters is 1. The van der Waals surface area contributed by atoms with Gasteiger partial charge in [0.05, 0.1) is 32.0 Å². The molecule has 422 valence electrons. The van der Waals surface area contributed by atoms with Gasteiger partial charge in [-0.05, 0) is 70.6 Å². The van der Waals surface area contributed by atoms with Crippen LogP contribution in [-0.2, 0) is 23.8 Å². The number of allylic oxidation sites excluding steroid dienone is 5. The van der Waals surface area contributed by atoms with Crippen LogP contribution in [0.15, 0.2) is 36.5 Å². The van der Waals surface area contributed by atoms with E-state index in [4.69, 9.17) is 14.2 Å². The highest BCUT2D eigenvalue weighted by molar-refractivity contribution is 5.76. The molecule has 1 aliphatic rings. The number of nitrogens with one attached hydrogen (secondary N) is 1. The average molecular weight is 1020 g/mol. The first kappa shape index (κ1) is 67.9. The fraction of sp³-hybridized carbons (Fsp3) is 0.869. The number of hydrogen-bond donors (Lipinski definition) is 6. The summed E-state index contributed by atoms with van der Waals surface area (Å²) in [4.78, 5) is 25.1. The van der Waals surface area contributed by atoms with Crippen LogP contribution in [0, 0.1) is 0 Å². The summed E-state index contributed by atoms with van der Waals surface area (Å²) >= 11 is 0. The molecule has 0 radical (unpaired) electrons. The summed E-state index contributed by atoms with van der Waals surface area (Å²) in [5.74, 6) is -0.219. The third kappa shape index (κ3) is 40.2. The lowest BCUT2D eigenvalue weighted by molar-refractivity contribution is -0.302. The van der Waals surface area contributed by atoms with Crippen molar-refractivity contribution in [2.24, 2.45) is 0 Å². The number of carbonyl (C=O) groups excluding carboxylic acids is 2. The molecule has 0 aromatic carbocycles. The van der Waals surface area contributed by atoms with E-state index in [1.807, 2.05) is 6.08 Å². The molecule has 0 spiro atoms. The number of unbranched alkanes of at least 4 members (excludes halogenated alkanes) is 34. The normalized spacial score (nSPS) is 19.2. The van der Waals surface area contributed by atoms with E-state index in [9.17, 15) is 35.1 Å². The van der Waals surface area contributed by atoms with Crippen LogP contribution < -0.4 is 5.32 Å². The van der Waals surface area contributed by atoms with Crippen molar-refractivity contribution in [2.75, 3.05) is 19.8 Å². The Bertz CT molecular complexity index is 1290. The van der Waals surface area contributed by atoms with Crippen LogP contribution in [0.25, 0.3) is 0 Å². The molecule has 0 aromatic heterocycles. The second-order valence-corrected chi connectivity index (χ2v) is 21.0. The molecule has 6 N–H and O–H groups in total. The number of amides is 1. The summed E-state index contributed by atoms with van der Waals surface area (Å²) in [6.45, 7) is 4.26. The Morgan fingerprint density at radius 3 is 1.40 bits per heavy atom. The third-order valence-electron chi connectivity index (χ3n) is 14.2. The van der Waals surface area contributed by atoms with Crippen molar-refractivity contribution < 1.29 is 49.3 Å². The van der Waals surface area contributed by atoms with Gasteiger partial charge in [0.25, 0.3) is 0 Å². The van der Waals surface area contributed by atoms with Gasteiger partial charge in [0.1, 0.15) is 24.4 Å². The number of ether oxygens (including phenoxy) is 3. The number of aliphatic hydroxyl groups is 5. The zero-order valence-corrected chi connectivity index (χ0v) is 46.4. The monoisotopic (exact) mass is 1020 g/mol. The Morgan fingerprint density at radius 1 is 0.500 bits per heavy atom. The van der Waals surface area contributed by atoms with E-state index in [0.29, 0.717) is 19.4 Å². The summed E-state index contributed by atoms with van der Waals surface area (Å²) in [6.07, 6.45) is 52.6.